The predicted molar refractivity (Wildman–Crippen MR) is 102 cm³/mol. The molecule has 1 aliphatic carbocycles. The molecule has 0 unspecified atom stereocenters. The van der Waals surface area contributed by atoms with Gasteiger partial charge in [-0.3, -0.25) is 9.67 Å². The zero-order chi connectivity index (χ0) is 17.5. The molecule has 0 amide bonds. The molecular formula is C20H20N6. The number of aryl methyl sites for hydroxylation is 1. The Morgan fingerprint density at radius 1 is 1.23 bits per heavy atom. The van der Waals surface area contributed by atoms with Gasteiger partial charge in [0.25, 0.3) is 0 Å². The number of aromatic nitrogens is 5. The fourth-order valence-electron chi connectivity index (χ4n) is 3.45. The molecule has 3 aromatic heterocycles. The standard InChI is InChI=1S/C20H20N6/c1-26-19(13-5-6-13)14(12-23-26)11-22-15-7-8-16-18(10-15)25-20(24-16)17-4-2-3-9-21-17/h2-4,7-10,12-13,22H,5-6,11H2,1H3,(H,24,25). The Labute approximate surface area is 151 Å². The fourth-order valence-corrected chi connectivity index (χ4v) is 3.45. The van der Waals surface area contributed by atoms with Gasteiger partial charge in [-0.25, -0.2) is 4.98 Å². The van der Waals surface area contributed by atoms with E-state index in [2.05, 4.69) is 37.5 Å². The lowest BCUT2D eigenvalue weighted by molar-refractivity contribution is 0.710. The maximum absolute atomic E-state index is 4.63. The lowest BCUT2D eigenvalue weighted by Crippen LogP contribution is -2.03. The molecular weight excluding hydrogens is 324 g/mol. The predicted octanol–water partition coefficient (Wildman–Crippen LogP) is 3.85. The summed E-state index contributed by atoms with van der Waals surface area (Å²) in [7, 11) is 2.03. The van der Waals surface area contributed by atoms with Gasteiger partial charge in [0, 0.05) is 42.7 Å². The van der Waals surface area contributed by atoms with Crippen LogP contribution in [-0.2, 0) is 13.6 Å². The minimum absolute atomic E-state index is 0.690. The topological polar surface area (TPSA) is 71.4 Å². The van der Waals surface area contributed by atoms with Gasteiger partial charge in [-0.15, -0.1) is 0 Å². The minimum Gasteiger partial charge on any atom is -0.381 e. The molecule has 5 rings (SSSR count). The van der Waals surface area contributed by atoms with E-state index in [1.165, 1.54) is 24.1 Å². The maximum atomic E-state index is 4.63. The first-order valence-electron chi connectivity index (χ1n) is 8.94. The summed E-state index contributed by atoms with van der Waals surface area (Å²) in [6.45, 7) is 0.784. The van der Waals surface area contributed by atoms with Crippen molar-refractivity contribution >= 4 is 16.7 Å². The molecule has 4 aromatic rings. The van der Waals surface area contributed by atoms with E-state index >= 15 is 0 Å². The first-order valence-corrected chi connectivity index (χ1v) is 8.94. The molecule has 0 atom stereocenters. The second-order valence-electron chi connectivity index (χ2n) is 6.84. The van der Waals surface area contributed by atoms with E-state index in [0.29, 0.717) is 5.92 Å². The average molecular weight is 344 g/mol. The van der Waals surface area contributed by atoms with Crippen LogP contribution >= 0.6 is 0 Å². The summed E-state index contributed by atoms with van der Waals surface area (Å²) in [5, 5.41) is 7.95. The van der Waals surface area contributed by atoms with Crippen molar-refractivity contribution in [3.63, 3.8) is 0 Å². The van der Waals surface area contributed by atoms with Gasteiger partial charge in [-0.05, 0) is 43.2 Å². The molecule has 0 aliphatic heterocycles. The number of hydrogen-bond acceptors (Lipinski definition) is 4. The van der Waals surface area contributed by atoms with Gasteiger partial charge in [0.15, 0.2) is 5.82 Å². The van der Waals surface area contributed by atoms with Crippen molar-refractivity contribution in [1.29, 1.82) is 0 Å². The van der Waals surface area contributed by atoms with Crippen LogP contribution in [0.2, 0.25) is 0 Å². The van der Waals surface area contributed by atoms with Crippen LogP contribution in [0.3, 0.4) is 0 Å². The Bertz CT molecular complexity index is 1060. The van der Waals surface area contributed by atoms with Crippen molar-refractivity contribution in [2.24, 2.45) is 7.05 Å². The summed E-state index contributed by atoms with van der Waals surface area (Å²) in [4.78, 5) is 12.4. The molecule has 1 saturated carbocycles. The smallest absolute Gasteiger partial charge is 0.157 e. The van der Waals surface area contributed by atoms with Crippen LogP contribution in [0.5, 0.6) is 0 Å². The summed E-state index contributed by atoms with van der Waals surface area (Å²) in [6.07, 6.45) is 6.32. The van der Waals surface area contributed by atoms with Crippen molar-refractivity contribution in [2.75, 3.05) is 5.32 Å². The minimum atomic E-state index is 0.690. The molecule has 0 radical (unpaired) electrons. The van der Waals surface area contributed by atoms with Crippen LogP contribution in [0.1, 0.15) is 30.0 Å². The number of nitrogens with one attached hydrogen (secondary N) is 2. The highest BCUT2D eigenvalue weighted by molar-refractivity contribution is 5.82. The highest BCUT2D eigenvalue weighted by Crippen LogP contribution is 2.41. The molecule has 6 nitrogen and oxygen atoms in total. The third kappa shape index (κ3) is 2.73. The van der Waals surface area contributed by atoms with Gasteiger partial charge < -0.3 is 10.3 Å². The van der Waals surface area contributed by atoms with Crippen LogP contribution in [0.15, 0.2) is 48.8 Å². The third-order valence-electron chi connectivity index (χ3n) is 4.90. The Morgan fingerprint density at radius 3 is 2.96 bits per heavy atom. The van der Waals surface area contributed by atoms with Crippen LogP contribution in [-0.4, -0.2) is 24.7 Å². The Kier molecular flexibility index (Phi) is 3.48. The third-order valence-corrected chi connectivity index (χ3v) is 4.90. The molecule has 3 heterocycles. The first kappa shape index (κ1) is 15.1. The largest absolute Gasteiger partial charge is 0.381 e. The van der Waals surface area contributed by atoms with E-state index < -0.39 is 0 Å². The SMILES string of the molecule is Cn1ncc(CNc2ccc3nc(-c4ccccn4)[nH]c3c2)c1C1CC1. The van der Waals surface area contributed by atoms with Gasteiger partial charge in [-0.2, -0.15) is 5.10 Å². The Balaban J connectivity index is 1.38. The molecule has 130 valence electrons. The number of rotatable bonds is 5. The number of aromatic amines is 1. The molecule has 2 N–H and O–H groups in total. The monoisotopic (exact) mass is 344 g/mol. The average Bonchev–Trinajstić information content (AvgIpc) is 3.30. The summed E-state index contributed by atoms with van der Waals surface area (Å²) >= 11 is 0. The van der Waals surface area contributed by atoms with Crippen LogP contribution < -0.4 is 5.32 Å². The Morgan fingerprint density at radius 2 is 2.15 bits per heavy atom. The number of hydrogen-bond donors (Lipinski definition) is 2. The van der Waals surface area contributed by atoms with Crippen LogP contribution in [0.4, 0.5) is 5.69 Å². The molecule has 1 aliphatic rings. The number of H-pyrrole nitrogens is 1. The fraction of sp³-hybridized carbons (Fsp3) is 0.250. The number of pyridine rings is 1. The quantitative estimate of drug-likeness (QED) is 0.577. The van der Waals surface area contributed by atoms with E-state index in [1.807, 2.05) is 42.2 Å². The van der Waals surface area contributed by atoms with E-state index in [4.69, 9.17) is 0 Å². The van der Waals surface area contributed by atoms with Crippen molar-refractivity contribution in [1.82, 2.24) is 24.7 Å². The number of imidazole rings is 1. The first-order chi connectivity index (χ1) is 12.8. The van der Waals surface area contributed by atoms with Crippen LogP contribution in [0.25, 0.3) is 22.6 Å². The summed E-state index contributed by atoms with van der Waals surface area (Å²) in [5.41, 5.74) is 6.52. The van der Waals surface area contributed by atoms with E-state index in [1.54, 1.807) is 6.20 Å². The van der Waals surface area contributed by atoms with E-state index in [-0.39, 0.29) is 0 Å². The number of fused-ring (bicyclic) bond motifs is 1. The summed E-state index contributed by atoms with van der Waals surface area (Å²) < 4.78 is 2.02. The Hall–Kier alpha value is -3.15. The normalized spacial score (nSPS) is 14.0. The second kappa shape index (κ2) is 5.98. The summed E-state index contributed by atoms with van der Waals surface area (Å²) in [5.74, 6) is 1.48. The molecule has 26 heavy (non-hydrogen) atoms. The van der Waals surface area contributed by atoms with Crippen molar-refractivity contribution in [2.45, 2.75) is 25.3 Å². The molecule has 1 aromatic carbocycles. The van der Waals surface area contributed by atoms with Crippen LogP contribution in [0, 0.1) is 0 Å². The number of anilines is 1. The summed E-state index contributed by atoms with van der Waals surface area (Å²) in [6, 6.07) is 12.0. The highest BCUT2D eigenvalue weighted by Gasteiger charge is 2.29. The lowest BCUT2D eigenvalue weighted by Gasteiger charge is -2.08. The zero-order valence-corrected chi connectivity index (χ0v) is 14.6. The van der Waals surface area contributed by atoms with Gasteiger partial charge in [0.05, 0.1) is 17.2 Å². The lowest BCUT2D eigenvalue weighted by atomic mass is 10.1. The van der Waals surface area contributed by atoms with Crippen molar-refractivity contribution < 1.29 is 0 Å². The molecule has 0 spiro atoms. The van der Waals surface area contributed by atoms with Crippen molar-refractivity contribution in [3.8, 4) is 11.5 Å². The molecule has 1 fully saturated rings. The van der Waals surface area contributed by atoms with Gasteiger partial charge in [-0.1, -0.05) is 6.07 Å². The number of benzene rings is 1. The second-order valence-corrected chi connectivity index (χ2v) is 6.84. The molecule has 0 bridgehead atoms. The number of nitrogens with zero attached hydrogens (tertiary/aromatic N) is 4. The molecule has 6 heteroatoms. The highest BCUT2D eigenvalue weighted by atomic mass is 15.3. The van der Waals surface area contributed by atoms with Gasteiger partial charge in [0.1, 0.15) is 5.69 Å². The van der Waals surface area contributed by atoms with Gasteiger partial charge >= 0.3 is 0 Å². The maximum Gasteiger partial charge on any atom is 0.157 e. The van der Waals surface area contributed by atoms with Crippen molar-refractivity contribution in [3.05, 3.63) is 60.0 Å². The van der Waals surface area contributed by atoms with E-state index in [9.17, 15) is 0 Å². The van der Waals surface area contributed by atoms with Gasteiger partial charge in [0.2, 0.25) is 0 Å². The zero-order valence-electron chi connectivity index (χ0n) is 14.6. The molecule has 0 saturated heterocycles. The van der Waals surface area contributed by atoms with E-state index in [0.717, 1.165) is 34.8 Å².